The highest BCUT2D eigenvalue weighted by atomic mass is 35.5. The van der Waals surface area contributed by atoms with Crippen LogP contribution in [0.4, 0.5) is 0 Å². The zero-order valence-electron chi connectivity index (χ0n) is 5.79. The first-order valence-electron chi connectivity index (χ1n) is 2.96. The summed E-state index contributed by atoms with van der Waals surface area (Å²) in [5, 5.41) is 3.10. The molecule has 0 spiro atoms. The molecule has 1 aliphatic rings. The molecule has 54 valence electrons. The van der Waals surface area contributed by atoms with Gasteiger partial charge in [-0.25, -0.2) is 0 Å². The maximum atomic E-state index is 3.10. The van der Waals surface area contributed by atoms with Crippen molar-refractivity contribution in [1.29, 1.82) is 0 Å². The summed E-state index contributed by atoms with van der Waals surface area (Å²) in [6, 6.07) is 0.626. The molecule has 0 amide bonds. The number of nitrogens with zero attached hydrogens (tertiary/aromatic N) is 1. The highest BCUT2D eigenvalue weighted by Gasteiger charge is 2.04. The number of hydrogen-bond donors (Lipinski definition) is 1. The summed E-state index contributed by atoms with van der Waals surface area (Å²) in [5.74, 6) is 0. The van der Waals surface area contributed by atoms with Gasteiger partial charge in [-0.05, 0) is 13.8 Å². The quantitative estimate of drug-likeness (QED) is 0.600. The van der Waals surface area contributed by atoms with E-state index in [0.717, 1.165) is 6.67 Å². The molecular formula is C6H13ClN2. The van der Waals surface area contributed by atoms with Gasteiger partial charge in [0.25, 0.3) is 0 Å². The summed E-state index contributed by atoms with van der Waals surface area (Å²) in [6.07, 6.45) is 4.05. The number of hydrogen-bond acceptors (Lipinski definition) is 2. The third kappa shape index (κ3) is 2.14. The van der Waals surface area contributed by atoms with Crippen LogP contribution < -0.4 is 5.32 Å². The average Bonchev–Trinajstić information content (AvgIpc) is 2.12. The molecule has 0 saturated carbocycles. The lowest BCUT2D eigenvalue weighted by atomic mass is 10.4. The van der Waals surface area contributed by atoms with Gasteiger partial charge in [-0.15, -0.1) is 12.4 Å². The summed E-state index contributed by atoms with van der Waals surface area (Å²) in [6.45, 7) is 5.33. The van der Waals surface area contributed by atoms with Gasteiger partial charge in [0, 0.05) is 18.4 Å². The van der Waals surface area contributed by atoms with E-state index in [-0.39, 0.29) is 12.4 Å². The topological polar surface area (TPSA) is 15.3 Å². The van der Waals surface area contributed by atoms with Gasteiger partial charge in [-0.3, -0.25) is 0 Å². The van der Waals surface area contributed by atoms with Crippen molar-refractivity contribution in [3.63, 3.8) is 0 Å². The molecule has 0 fully saturated rings. The van der Waals surface area contributed by atoms with Gasteiger partial charge in [0.2, 0.25) is 0 Å². The summed E-state index contributed by atoms with van der Waals surface area (Å²) in [7, 11) is 0. The van der Waals surface area contributed by atoms with Crippen LogP contribution in [0.1, 0.15) is 13.8 Å². The van der Waals surface area contributed by atoms with Crippen molar-refractivity contribution in [1.82, 2.24) is 10.2 Å². The lowest BCUT2D eigenvalue weighted by Gasteiger charge is -2.18. The van der Waals surface area contributed by atoms with Crippen LogP contribution in [0.3, 0.4) is 0 Å². The van der Waals surface area contributed by atoms with Gasteiger partial charge in [0.15, 0.2) is 0 Å². The standard InChI is InChI=1S/C6H12N2.ClH/c1-6(2)8-4-3-7-5-8;/h3-4,6-7H,5H2,1-2H3;1H. The fraction of sp³-hybridized carbons (Fsp3) is 0.667. The second kappa shape index (κ2) is 3.62. The Morgan fingerprint density at radius 2 is 2.22 bits per heavy atom. The van der Waals surface area contributed by atoms with Crippen molar-refractivity contribution in [2.24, 2.45) is 0 Å². The monoisotopic (exact) mass is 148 g/mol. The predicted octanol–water partition coefficient (Wildman–Crippen LogP) is 1.15. The Balaban J connectivity index is 0.000000640. The van der Waals surface area contributed by atoms with E-state index in [1.54, 1.807) is 0 Å². The van der Waals surface area contributed by atoms with E-state index in [4.69, 9.17) is 0 Å². The van der Waals surface area contributed by atoms with E-state index < -0.39 is 0 Å². The molecule has 2 nitrogen and oxygen atoms in total. The van der Waals surface area contributed by atoms with Gasteiger partial charge in [0.05, 0.1) is 6.67 Å². The van der Waals surface area contributed by atoms with E-state index in [2.05, 4.69) is 30.3 Å². The summed E-state index contributed by atoms with van der Waals surface area (Å²) < 4.78 is 0. The molecule has 9 heavy (non-hydrogen) atoms. The van der Waals surface area contributed by atoms with Crippen LogP contribution in [0.2, 0.25) is 0 Å². The maximum Gasteiger partial charge on any atom is 0.0870 e. The first kappa shape index (κ1) is 8.63. The normalized spacial score (nSPS) is 15.7. The Labute approximate surface area is 62.3 Å². The first-order chi connectivity index (χ1) is 3.80. The predicted molar refractivity (Wildman–Crippen MR) is 41.4 cm³/mol. The van der Waals surface area contributed by atoms with E-state index in [1.807, 2.05) is 6.20 Å². The minimum atomic E-state index is 0. The molecule has 0 atom stereocenters. The van der Waals surface area contributed by atoms with E-state index in [1.165, 1.54) is 0 Å². The number of halogens is 1. The highest BCUT2D eigenvalue weighted by Crippen LogP contribution is 1.99. The first-order valence-corrected chi connectivity index (χ1v) is 2.96. The summed E-state index contributed by atoms with van der Waals surface area (Å²) in [5.41, 5.74) is 0. The zero-order valence-corrected chi connectivity index (χ0v) is 6.61. The van der Waals surface area contributed by atoms with E-state index >= 15 is 0 Å². The minimum Gasteiger partial charge on any atom is -0.373 e. The molecule has 0 aromatic heterocycles. The third-order valence-corrected chi connectivity index (χ3v) is 1.32. The van der Waals surface area contributed by atoms with Crippen molar-refractivity contribution in [2.45, 2.75) is 19.9 Å². The second-order valence-corrected chi connectivity index (χ2v) is 2.29. The van der Waals surface area contributed by atoms with Crippen molar-refractivity contribution in [2.75, 3.05) is 6.67 Å². The molecule has 1 N–H and O–H groups in total. The molecule has 0 bridgehead atoms. The van der Waals surface area contributed by atoms with Crippen LogP contribution in [-0.2, 0) is 0 Å². The van der Waals surface area contributed by atoms with Crippen molar-refractivity contribution in [3.05, 3.63) is 12.4 Å². The Hall–Kier alpha value is -0.370. The Kier molecular flexibility index (Phi) is 3.47. The molecule has 0 aromatic rings. The summed E-state index contributed by atoms with van der Waals surface area (Å²) in [4.78, 5) is 2.24. The van der Waals surface area contributed by atoms with Crippen LogP contribution in [-0.4, -0.2) is 17.6 Å². The summed E-state index contributed by atoms with van der Waals surface area (Å²) >= 11 is 0. The van der Waals surface area contributed by atoms with Gasteiger partial charge in [0.1, 0.15) is 0 Å². The van der Waals surface area contributed by atoms with Gasteiger partial charge in [-0.2, -0.15) is 0 Å². The Morgan fingerprint density at radius 3 is 2.44 bits per heavy atom. The fourth-order valence-electron chi connectivity index (χ4n) is 0.714. The molecule has 0 aliphatic carbocycles. The van der Waals surface area contributed by atoms with Crippen LogP contribution in [0.15, 0.2) is 12.4 Å². The zero-order chi connectivity index (χ0) is 5.98. The minimum absolute atomic E-state index is 0. The molecule has 3 heteroatoms. The van der Waals surface area contributed by atoms with Gasteiger partial charge in [-0.1, -0.05) is 0 Å². The van der Waals surface area contributed by atoms with Crippen molar-refractivity contribution in [3.8, 4) is 0 Å². The molecule has 0 aromatic carbocycles. The molecular weight excluding hydrogens is 136 g/mol. The largest absolute Gasteiger partial charge is 0.373 e. The molecule has 0 radical (unpaired) electrons. The Bertz CT molecular complexity index is 101. The molecule has 0 saturated heterocycles. The van der Waals surface area contributed by atoms with E-state index in [9.17, 15) is 0 Å². The van der Waals surface area contributed by atoms with E-state index in [0.29, 0.717) is 6.04 Å². The lowest BCUT2D eigenvalue weighted by Crippen LogP contribution is -2.27. The maximum absolute atomic E-state index is 3.10. The second-order valence-electron chi connectivity index (χ2n) is 2.29. The van der Waals surface area contributed by atoms with Gasteiger partial charge >= 0.3 is 0 Å². The average molecular weight is 149 g/mol. The molecule has 1 rings (SSSR count). The van der Waals surface area contributed by atoms with Crippen molar-refractivity contribution < 1.29 is 0 Å². The Morgan fingerprint density at radius 1 is 1.56 bits per heavy atom. The highest BCUT2D eigenvalue weighted by molar-refractivity contribution is 5.85. The third-order valence-electron chi connectivity index (χ3n) is 1.32. The van der Waals surface area contributed by atoms with Crippen LogP contribution in [0, 0.1) is 0 Å². The molecule has 0 unspecified atom stereocenters. The number of nitrogens with one attached hydrogen (secondary N) is 1. The fourth-order valence-corrected chi connectivity index (χ4v) is 0.714. The SMILES string of the molecule is CC(C)N1C=CNC1.Cl. The molecule has 1 aliphatic heterocycles. The van der Waals surface area contributed by atoms with Crippen LogP contribution >= 0.6 is 12.4 Å². The van der Waals surface area contributed by atoms with Crippen molar-refractivity contribution >= 4 is 12.4 Å². The van der Waals surface area contributed by atoms with Gasteiger partial charge < -0.3 is 10.2 Å². The molecule has 1 heterocycles. The number of rotatable bonds is 1. The lowest BCUT2D eigenvalue weighted by molar-refractivity contribution is 0.324. The van der Waals surface area contributed by atoms with Crippen LogP contribution in [0.5, 0.6) is 0 Å². The van der Waals surface area contributed by atoms with Crippen LogP contribution in [0.25, 0.3) is 0 Å². The smallest absolute Gasteiger partial charge is 0.0870 e.